The molecular weight excluding hydrogens is 284 g/mol. The van der Waals surface area contributed by atoms with Gasteiger partial charge in [-0.1, -0.05) is 20.8 Å². The average molecular weight is 306 g/mol. The van der Waals surface area contributed by atoms with Gasteiger partial charge < -0.3 is 4.74 Å². The third kappa shape index (κ3) is 3.39. The maximum absolute atomic E-state index is 5.28. The molecule has 114 valence electrons. The average Bonchev–Trinajstić information content (AvgIpc) is 2.76. The highest BCUT2D eigenvalue weighted by Gasteiger charge is 2.18. The van der Waals surface area contributed by atoms with Gasteiger partial charge >= 0.3 is 0 Å². The molecule has 5 nitrogen and oxygen atoms in total. The number of H-pyrrole nitrogens is 1. The lowest BCUT2D eigenvalue weighted by molar-refractivity contribution is 0.187. The number of aromatic amines is 1. The summed E-state index contributed by atoms with van der Waals surface area (Å²) in [6, 6.07) is 4.12. The van der Waals surface area contributed by atoms with Gasteiger partial charge in [0, 0.05) is 29.5 Å². The SMILES string of the molecule is COCCn1c(-c2ccc(C(C)(C)C)nc2C)n[nH]c1=S. The Balaban J connectivity index is 2.46. The predicted molar refractivity (Wildman–Crippen MR) is 86.0 cm³/mol. The highest BCUT2D eigenvalue weighted by Crippen LogP contribution is 2.25. The van der Waals surface area contributed by atoms with E-state index in [4.69, 9.17) is 21.9 Å². The number of nitrogens with one attached hydrogen (secondary N) is 1. The molecule has 2 aromatic heterocycles. The first kappa shape index (κ1) is 15.9. The molecule has 2 aromatic rings. The molecule has 0 amide bonds. The van der Waals surface area contributed by atoms with Crippen molar-refractivity contribution in [3.63, 3.8) is 0 Å². The van der Waals surface area contributed by atoms with E-state index in [2.05, 4.69) is 43.1 Å². The second kappa shape index (κ2) is 6.07. The largest absolute Gasteiger partial charge is 0.383 e. The predicted octanol–water partition coefficient (Wildman–Crippen LogP) is 3.26. The maximum Gasteiger partial charge on any atom is 0.195 e. The van der Waals surface area contributed by atoms with Crippen LogP contribution in [0.3, 0.4) is 0 Å². The number of pyridine rings is 1. The van der Waals surface area contributed by atoms with E-state index in [0.29, 0.717) is 17.9 Å². The number of methoxy groups -OCH3 is 1. The molecule has 0 aliphatic heterocycles. The Kier molecular flexibility index (Phi) is 4.58. The van der Waals surface area contributed by atoms with Gasteiger partial charge in [-0.05, 0) is 31.3 Å². The van der Waals surface area contributed by atoms with Gasteiger partial charge in [-0.2, -0.15) is 5.10 Å². The van der Waals surface area contributed by atoms with Crippen molar-refractivity contribution in [1.29, 1.82) is 0 Å². The van der Waals surface area contributed by atoms with E-state index in [0.717, 1.165) is 22.8 Å². The molecule has 0 fully saturated rings. The summed E-state index contributed by atoms with van der Waals surface area (Å²) >= 11 is 5.28. The lowest BCUT2D eigenvalue weighted by Gasteiger charge is -2.19. The maximum atomic E-state index is 5.28. The molecule has 0 saturated heterocycles. The van der Waals surface area contributed by atoms with Gasteiger partial charge in [0.1, 0.15) is 0 Å². The van der Waals surface area contributed by atoms with Gasteiger partial charge in [0.25, 0.3) is 0 Å². The standard InChI is InChI=1S/C15H22N4OS/c1-10-11(6-7-12(16-10)15(2,3)4)13-17-18-14(21)19(13)8-9-20-5/h6-7H,8-9H2,1-5H3,(H,18,21). The van der Waals surface area contributed by atoms with Crippen LogP contribution in [-0.2, 0) is 16.7 Å². The fourth-order valence-electron chi connectivity index (χ4n) is 2.13. The Morgan fingerprint density at radius 3 is 2.62 bits per heavy atom. The second-order valence-electron chi connectivity index (χ2n) is 6.08. The molecule has 0 aromatic carbocycles. The minimum absolute atomic E-state index is 0.0318. The Labute approximate surface area is 130 Å². The summed E-state index contributed by atoms with van der Waals surface area (Å²) in [5.41, 5.74) is 3.05. The van der Waals surface area contributed by atoms with Crippen molar-refractivity contribution >= 4 is 12.2 Å². The third-order valence-electron chi connectivity index (χ3n) is 3.37. The van der Waals surface area contributed by atoms with E-state index >= 15 is 0 Å². The van der Waals surface area contributed by atoms with E-state index in [1.807, 2.05) is 11.5 Å². The first-order chi connectivity index (χ1) is 9.84. The van der Waals surface area contributed by atoms with Crippen LogP contribution in [0.5, 0.6) is 0 Å². The minimum atomic E-state index is 0.0318. The molecule has 1 N–H and O–H groups in total. The molecule has 0 atom stereocenters. The van der Waals surface area contributed by atoms with Crippen molar-refractivity contribution in [2.75, 3.05) is 13.7 Å². The molecule has 0 saturated carbocycles. The highest BCUT2D eigenvalue weighted by atomic mass is 32.1. The van der Waals surface area contributed by atoms with E-state index in [1.54, 1.807) is 7.11 Å². The minimum Gasteiger partial charge on any atom is -0.383 e. The Morgan fingerprint density at radius 2 is 2.05 bits per heavy atom. The Bertz CT molecular complexity index is 682. The zero-order valence-corrected chi connectivity index (χ0v) is 14.0. The van der Waals surface area contributed by atoms with Crippen LogP contribution in [0.15, 0.2) is 12.1 Å². The molecule has 0 radical (unpaired) electrons. The monoisotopic (exact) mass is 306 g/mol. The van der Waals surface area contributed by atoms with Crippen LogP contribution < -0.4 is 0 Å². The van der Waals surface area contributed by atoms with Crippen LogP contribution in [0.4, 0.5) is 0 Å². The van der Waals surface area contributed by atoms with E-state index in [9.17, 15) is 0 Å². The van der Waals surface area contributed by atoms with Crippen molar-refractivity contribution in [3.05, 3.63) is 28.3 Å². The van der Waals surface area contributed by atoms with Crippen LogP contribution in [0.1, 0.15) is 32.2 Å². The van der Waals surface area contributed by atoms with Gasteiger partial charge in [0.05, 0.1) is 13.2 Å². The van der Waals surface area contributed by atoms with Gasteiger partial charge in [0.2, 0.25) is 0 Å². The Hall–Kier alpha value is -1.53. The molecule has 0 spiro atoms. The first-order valence-electron chi connectivity index (χ1n) is 6.97. The van der Waals surface area contributed by atoms with Crippen LogP contribution in [0, 0.1) is 11.7 Å². The summed E-state index contributed by atoms with van der Waals surface area (Å²) in [4.78, 5) is 4.72. The van der Waals surface area contributed by atoms with Crippen molar-refractivity contribution in [1.82, 2.24) is 19.7 Å². The molecule has 0 bridgehead atoms. The van der Waals surface area contributed by atoms with E-state index in [1.165, 1.54) is 0 Å². The first-order valence-corrected chi connectivity index (χ1v) is 7.38. The summed E-state index contributed by atoms with van der Waals surface area (Å²) in [6.07, 6.45) is 0. The number of hydrogen-bond acceptors (Lipinski definition) is 4. The fourth-order valence-corrected chi connectivity index (χ4v) is 2.35. The number of ether oxygens (including phenoxy) is 1. The van der Waals surface area contributed by atoms with Crippen LogP contribution in [0.2, 0.25) is 0 Å². The van der Waals surface area contributed by atoms with E-state index in [-0.39, 0.29) is 5.41 Å². The smallest absolute Gasteiger partial charge is 0.195 e. The Morgan fingerprint density at radius 1 is 1.33 bits per heavy atom. The van der Waals surface area contributed by atoms with Gasteiger partial charge in [0.15, 0.2) is 10.6 Å². The van der Waals surface area contributed by atoms with Gasteiger partial charge in [-0.15, -0.1) is 0 Å². The van der Waals surface area contributed by atoms with Gasteiger partial charge in [-0.25, -0.2) is 0 Å². The van der Waals surface area contributed by atoms with Crippen LogP contribution in [-0.4, -0.2) is 33.5 Å². The van der Waals surface area contributed by atoms with Crippen molar-refractivity contribution in [2.24, 2.45) is 0 Å². The van der Waals surface area contributed by atoms with Gasteiger partial charge in [-0.3, -0.25) is 14.6 Å². The molecule has 21 heavy (non-hydrogen) atoms. The molecule has 2 rings (SSSR count). The van der Waals surface area contributed by atoms with Crippen LogP contribution in [0.25, 0.3) is 11.4 Å². The van der Waals surface area contributed by atoms with Crippen LogP contribution >= 0.6 is 12.2 Å². The molecular formula is C15H22N4OS. The highest BCUT2D eigenvalue weighted by molar-refractivity contribution is 7.71. The summed E-state index contributed by atoms with van der Waals surface area (Å²) in [7, 11) is 1.67. The lowest BCUT2D eigenvalue weighted by Crippen LogP contribution is -2.14. The number of aromatic nitrogens is 4. The molecule has 0 aliphatic rings. The third-order valence-corrected chi connectivity index (χ3v) is 3.68. The lowest BCUT2D eigenvalue weighted by atomic mass is 9.91. The van der Waals surface area contributed by atoms with Crippen molar-refractivity contribution in [2.45, 2.75) is 39.7 Å². The number of rotatable bonds is 4. The topological polar surface area (TPSA) is 55.7 Å². The summed E-state index contributed by atoms with van der Waals surface area (Å²) in [5, 5.41) is 7.19. The summed E-state index contributed by atoms with van der Waals surface area (Å²) in [5.74, 6) is 0.808. The zero-order valence-electron chi connectivity index (χ0n) is 13.2. The van der Waals surface area contributed by atoms with Crippen molar-refractivity contribution in [3.8, 4) is 11.4 Å². The second-order valence-corrected chi connectivity index (χ2v) is 6.46. The molecule has 6 heteroatoms. The molecule has 0 unspecified atom stereocenters. The number of aryl methyl sites for hydroxylation is 1. The quantitative estimate of drug-likeness (QED) is 0.881. The number of hydrogen-bond donors (Lipinski definition) is 1. The van der Waals surface area contributed by atoms with E-state index < -0.39 is 0 Å². The fraction of sp³-hybridized carbons (Fsp3) is 0.533. The number of nitrogens with zero attached hydrogens (tertiary/aromatic N) is 3. The molecule has 0 aliphatic carbocycles. The molecule has 2 heterocycles. The summed E-state index contributed by atoms with van der Waals surface area (Å²) < 4.78 is 7.67. The summed E-state index contributed by atoms with van der Waals surface area (Å²) in [6.45, 7) is 9.73. The zero-order chi connectivity index (χ0) is 15.6. The normalized spacial score (nSPS) is 11.9. The van der Waals surface area contributed by atoms with Crippen molar-refractivity contribution < 1.29 is 4.74 Å².